The van der Waals surface area contributed by atoms with Gasteiger partial charge in [0.1, 0.15) is 5.82 Å². The molecule has 0 bridgehead atoms. The van der Waals surface area contributed by atoms with Crippen LogP contribution in [0.1, 0.15) is 41.7 Å². The molecule has 0 amide bonds. The molecule has 3 rings (SSSR count). The second-order valence-corrected chi connectivity index (χ2v) is 5.85. The molecule has 1 fully saturated rings. The van der Waals surface area contributed by atoms with Gasteiger partial charge >= 0.3 is 6.18 Å². The Kier molecular flexibility index (Phi) is 4.34. The van der Waals surface area contributed by atoms with E-state index >= 15 is 0 Å². The first-order valence-corrected chi connectivity index (χ1v) is 7.55. The van der Waals surface area contributed by atoms with E-state index in [4.69, 9.17) is 0 Å². The number of halogens is 3. The molecule has 0 saturated carbocycles. The third-order valence-corrected chi connectivity index (χ3v) is 4.14. The minimum atomic E-state index is -4.50. The highest BCUT2D eigenvalue weighted by molar-refractivity contribution is 5.17. The summed E-state index contributed by atoms with van der Waals surface area (Å²) in [5.41, 5.74) is 1.12. The van der Waals surface area contributed by atoms with Gasteiger partial charge in [-0.3, -0.25) is 4.90 Å². The van der Waals surface area contributed by atoms with Crippen molar-refractivity contribution in [1.82, 2.24) is 24.8 Å². The van der Waals surface area contributed by atoms with Gasteiger partial charge in [0.15, 0.2) is 0 Å². The highest BCUT2D eigenvalue weighted by Gasteiger charge is 2.35. The van der Waals surface area contributed by atoms with Gasteiger partial charge in [-0.05, 0) is 26.3 Å². The standard InChI is InChI=1S/C15H18F3N5/c1-10-12(7-21-14(22-10)15(16,17)18)9-23-6-2-3-11(8-23)13-19-4-5-20-13/h4-5,7,11H,2-3,6,8-9H2,1H3,(H,19,20)/t11-/m1/s1. The lowest BCUT2D eigenvalue weighted by Gasteiger charge is -2.32. The molecule has 2 aromatic rings. The minimum Gasteiger partial charge on any atom is -0.348 e. The summed E-state index contributed by atoms with van der Waals surface area (Å²) in [6.07, 6.45) is 2.43. The van der Waals surface area contributed by atoms with Gasteiger partial charge in [-0.1, -0.05) is 0 Å². The molecule has 0 aliphatic carbocycles. The zero-order valence-electron chi connectivity index (χ0n) is 12.8. The Hall–Kier alpha value is -1.96. The molecule has 0 spiro atoms. The number of likely N-dealkylation sites (tertiary alicyclic amines) is 1. The van der Waals surface area contributed by atoms with E-state index in [-0.39, 0.29) is 0 Å². The van der Waals surface area contributed by atoms with Crippen LogP contribution in [0.25, 0.3) is 0 Å². The first-order chi connectivity index (χ1) is 10.9. The van der Waals surface area contributed by atoms with Crippen molar-refractivity contribution in [3.63, 3.8) is 0 Å². The van der Waals surface area contributed by atoms with E-state index in [2.05, 4.69) is 24.8 Å². The Morgan fingerprint density at radius 2 is 2.17 bits per heavy atom. The normalized spacial score (nSPS) is 19.9. The summed E-state index contributed by atoms with van der Waals surface area (Å²) < 4.78 is 37.9. The average Bonchev–Trinajstić information content (AvgIpc) is 3.03. The van der Waals surface area contributed by atoms with Crippen molar-refractivity contribution in [2.45, 2.75) is 38.4 Å². The van der Waals surface area contributed by atoms with Crippen molar-refractivity contribution in [3.05, 3.63) is 41.5 Å². The summed E-state index contributed by atoms with van der Waals surface area (Å²) >= 11 is 0. The molecule has 1 saturated heterocycles. The number of hydrogen-bond acceptors (Lipinski definition) is 4. The maximum atomic E-state index is 12.6. The Morgan fingerprint density at radius 3 is 2.83 bits per heavy atom. The van der Waals surface area contributed by atoms with Gasteiger partial charge < -0.3 is 4.98 Å². The van der Waals surface area contributed by atoms with Gasteiger partial charge in [0, 0.05) is 48.9 Å². The van der Waals surface area contributed by atoms with Crippen LogP contribution >= 0.6 is 0 Å². The second-order valence-electron chi connectivity index (χ2n) is 5.85. The zero-order chi connectivity index (χ0) is 16.4. The predicted molar refractivity (Wildman–Crippen MR) is 77.6 cm³/mol. The van der Waals surface area contributed by atoms with Crippen LogP contribution in [0.3, 0.4) is 0 Å². The summed E-state index contributed by atoms with van der Waals surface area (Å²) in [7, 11) is 0. The van der Waals surface area contributed by atoms with E-state index in [0.717, 1.165) is 37.3 Å². The Morgan fingerprint density at radius 1 is 1.35 bits per heavy atom. The van der Waals surface area contributed by atoms with Crippen molar-refractivity contribution < 1.29 is 13.2 Å². The van der Waals surface area contributed by atoms with E-state index in [0.29, 0.717) is 18.2 Å². The number of aryl methyl sites for hydroxylation is 1. The number of aromatic nitrogens is 4. The quantitative estimate of drug-likeness (QED) is 0.943. The maximum Gasteiger partial charge on any atom is 0.451 e. The summed E-state index contributed by atoms with van der Waals surface area (Å²) in [6.45, 7) is 3.90. The van der Waals surface area contributed by atoms with Gasteiger partial charge in [-0.2, -0.15) is 13.2 Å². The van der Waals surface area contributed by atoms with E-state index in [1.54, 1.807) is 13.1 Å². The average molecular weight is 325 g/mol. The van der Waals surface area contributed by atoms with Gasteiger partial charge in [-0.15, -0.1) is 0 Å². The molecule has 23 heavy (non-hydrogen) atoms. The Labute approximate surface area is 132 Å². The molecule has 2 aromatic heterocycles. The first kappa shape index (κ1) is 15.9. The predicted octanol–water partition coefficient (Wildman–Crippen LogP) is 2.91. The Bertz CT molecular complexity index is 654. The topological polar surface area (TPSA) is 57.7 Å². The summed E-state index contributed by atoms with van der Waals surface area (Å²) in [4.78, 5) is 16.7. The fraction of sp³-hybridized carbons (Fsp3) is 0.533. The number of aromatic amines is 1. The number of piperidine rings is 1. The zero-order valence-corrected chi connectivity index (χ0v) is 12.8. The molecular formula is C15H18F3N5. The van der Waals surface area contributed by atoms with Crippen LogP contribution in [-0.2, 0) is 12.7 Å². The molecule has 1 aliphatic rings. The third kappa shape index (κ3) is 3.69. The fourth-order valence-corrected chi connectivity index (χ4v) is 2.95. The molecule has 124 valence electrons. The van der Waals surface area contributed by atoms with E-state index < -0.39 is 12.0 Å². The monoisotopic (exact) mass is 325 g/mol. The molecule has 1 N–H and O–H groups in total. The lowest BCUT2D eigenvalue weighted by molar-refractivity contribution is -0.145. The molecule has 0 unspecified atom stereocenters. The van der Waals surface area contributed by atoms with Crippen LogP contribution in [0.15, 0.2) is 18.6 Å². The van der Waals surface area contributed by atoms with Crippen LogP contribution in [0.4, 0.5) is 13.2 Å². The fourth-order valence-electron chi connectivity index (χ4n) is 2.95. The van der Waals surface area contributed by atoms with Gasteiger partial charge in [0.05, 0.1) is 0 Å². The smallest absolute Gasteiger partial charge is 0.348 e. The molecular weight excluding hydrogens is 307 g/mol. The highest BCUT2D eigenvalue weighted by Crippen LogP contribution is 2.28. The number of imidazole rings is 1. The lowest BCUT2D eigenvalue weighted by atomic mass is 9.97. The highest BCUT2D eigenvalue weighted by atomic mass is 19.4. The summed E-state index contributed by atoms with van der Waals surface area (Å²) in [6, 6.07) is 0. The summed E-state index contributed by atoms with van der Waals surface area (Å²) in [5, 5.41) is 0. The largest absolute Gasteiger partial charge is 0.451 e. The molecule has 0 aromatic carbocycles. The molecule has 5 nitrogen and oxygen atoms in total. The van der Waals surface area contributed by atoms with Crippen molar-refractivity contribution in [2.24, 2.45) is 0 Å². The molecule has 8 heteroatoms. The molecule has 1 atom stereocenters. The lowest BCUT2D eigenvalue weighted by Crippen LogP contribution is -2.34. The van der Waals surface area contributed by atoms with Crippen molar-refractivity contribution in [3.8, 4) is 0 Å². The van der Waals surface area contributed by atoms with E-state index in [1.165, 1.54) is 6.20 Å². The van der Waals surface area contributed by atoms with Crippen LogP contribution in [0, 0.1) is 6.92 Å². The molecule has 0 radical (unpaired) electrons. The first-order valence-electron chi connectivity index (χ1n) is 7.55. The number of hydrogen-bond donors (Lipinski definition) is 1. The van der Waals surface area contributed by atoms with Crippen LogP contribution in [0.5, 0.6) is 0 Å². The van der Waals surface area contributed by atoms with Crippen molar-refractivity contribution >= 4 is 0 Å². The number of rotatable bonds is 3. The molecule has 3 heterocycles. The molecule has 1 aliphatic heterocycles. The third-order valence-electron chi connectivity index (χ3n) is 4.14. The van der Waals surface area contributed by atoms with Gasteiger partial charge in [0.2, 0.25) is 5.82 Å². The SMILES string of the molecule is Cc1nc(C(F)(F)F)ncc1CN1CCC[C@@H](c2ncc[nH]2)C1. The maximum absolute atomic E-state index is 12.6. The van der Waals surface area contributed by atoms with Crippen LogP contribution in [0.2, 0.25) is 0 Å². The van der Waals surface area contributed by atoms with Crippen LogP contribution < -0.4 is 0 Å². The van der Waals surface area contributed by atoms with E-state index in [1.807, 2.05) is 6.20 Å². The van der Waals surface area contributed by atoms with Crippen molar-refractivity contribution in [2.75, 3.05) is 13.1 Å². The number of nitrogens with zero attached hydrogens (tertiary/aromatic N) is 4. The number of nitrogens with one attached hydrogen (secondary N) is 1. The van der Waals surface area contributed by atoms with Gasteiger partial charge in [0.25, 0.3) is 0 Å². The van der Waals surface area contributed by atoms with Crippen molar-refractivity contribution in [1.29, 1.82) is 0 Å². The minimum absolute atomic E-state index is 0.328. The second kappa shape index (κ2) is 6.27. The Balaban J connectivity index is 1.69. The summed E-state index contributed by atoms with van der Waals surface area (Å²) in [5.74, 6) is 0.218. The van der Waals surface area contributed by atoms with Gasteiger partial charge in [-0.25, -0.2) is 15.0 Å². The van der Waals surface area contributed by atoms with Crippen LogP contribution in [-0.4, -0.2) is 37.9 Å². The number of H-pyrrole nitrogens is 1. The number of alkyl halides is 3. The van der Waals surface area contributed by atoms with E-state index in [9.17, 15) is 13.2 Å².